The maximum atomic E-state index is 12.6. The molecule has 1 amide bonds. The molecule has 6 nitrogen and oxygen atoms in total. The van der Waals surface area contributed by atoms with Gasteiger partial charge < -0.3 is 19.1 Å². The highest BCUT2D eigenvalue weighted by molar-refractivity contribution is 5.78. The monoisotopic (exact) mass is 370 g/mol. The fourth-order valence-corrected chi connectivity index (χ4v) is 2.98. The summed E-state index contributed by atoms with van der Waals surface area (Å²) < 4.78 is 16.9. The number of ether oxygens (including phenoxy) is 3. The molecule has 0 radical (unpaired) electrons. The molecule has 144 valence electrons. The molecular formula is C21H26N2O4. The summed E-state index contributed by atoms with van der Waals surface area (Å²) in [6.07, 6.45) is 0.759. The van der Waals surface area contributed by atoms with Crippen molar-refractivity contribution < 1.29 is 19.0 Å². The Morgan fingerprint density at radius 1 is 1.22 bits per heavy atom. The molecule has 0 spiro atoms. The molecule has 1 aromatic heterocycles. The molecule has 2 heterocycles. The Balaban J connectivity index is 1.64. The number of pyridine rings is 1. The largest absolute Gasteiger partial charge is 0.486 e. The maximum Gasteiger partial charge on any atom is 0.260 e. The predicted octanol–water partition coefficient (Wildman–Crippen LogP) is 3.32. The lowest BCUT2D eigenvalue weighted by Crippen LogP contribution is -2.33. The van der Waals surface area contributed by atoms with Gasteiger partial charge in [0.15, 0.2) is 18.1 Å². The van der Waals surface area contributed by atoms with E-state index in [0.717, 1.165) is 34.9 Å². The Labute approximate surface area is 160 Å². The zero-order chi connectivity index (χ0) is 19.4. The lowest BCUT2D eigenvalue weighted by atomic mass is 10.1. The number of nitrogens with zero attached hydrogens (tertiary/aromatic N) is 2. The van der Waals surface area contributed by atoms with Gasteiger partial charge in [-0.3, -0.25) is 9.78 Å². The van der Waals surface area contributed by atoms with E-state index in [9.17, 15) is 4.79 Å². The van der Waals surface area contributed by atoms with Crippen LogP contribution in [0.4, 0.5) is 0 Å². The number of likely N-dealkylation sites (N-methyl/N-ethyl adjacent to an activating group) is 1. The smallest absolute Gasteiger partial charge is 0.260 e. The standard InChI is InChI=1S/C21H26N2O4/c1-5-17-18(8-6-14(2)22-17)27-13-21(24)23(4)15(3)16-7-9-19-20(12-16)26-11-10-25-19/h6-9,12,15H,5,10-11,13H2,1-4H3/t15-/m0/s1. The summed E-state index contributed by atoms with van der Waals surface area (Å²) in [6.45, 7) is 7.02. The third-order valence-corrected chi connectivity index (χ3v) is 4.78. The number of carbonyl (C=O) groups excluding carboxylic acids is 1. The quantitative estimate of drug-likeness (QED) is 0.781. The van der Waals surface area contributed by atoms with Crippen LogP contribution in [-0.2, 0) is 11.2 Å². The number of rotatable bonds is 6. The average molecular weight is 370 g/mol. The third-order valence-electron chi connectivity index (χ3n) is 4.78. The van der Waals surface area contributed by atoms with Crippen LogP contribution in [0.3, 0.4) is 0 Å². The van der Waals surface area contributed by atoms with Crippen LogP contribution in [0.15, 0.2) is 30.3 Å². The molecule has 0 N–H and O–H groups in total. The van der Waals surface area contributed by atoms with Crippen molar-refractivity contribution in [3.05, 3.63) is 47.3 Å². The minimum atomic E-state index is -0.112. The van der Waals surface area contributed by atoms with E-state index in [1.807, 2.05) is 51.1 Å². The van der Waals surface area contributed by atoms with Gasteiger partial charge in [-0.15, -0.1) is 0 Å². The van der Waals surface area contributed by atoms with E-state index < -0.39 is 0 Å². The second kappa shape index (κ2) is 8.29. The van der Waals surface area contributed by atoms with Crippen molar-refractivity contribution in [2.24, 2.45) is 0 Å². The first-order chi connectivity index (χ1) is 13.0. The number of amides is 1. The van der Waals surface area contributed by atoms with Gasteiger partial charge in [0, 0.05) is 12.7 Å². The molecule has 1 aliphatic heterocycles. The number of hydrogen-bond donors (Lipinski definition) is 0. The van der Waals surface area contributed by atoms with Gasteiger partial charge in [-0.05, 0) is 50.1 Å². The van der Waals surface area contributed by atoms with E-state index in [1.54, 1.807) is 11.9 Å². The molecular weight excluding hydrogens is 344 g/mol. The van der Waals surface area contributed by atoms with E-state index in [2.05, 4.69) is 4.98 Å². The summed E-state index contributed by atoms with van der Waals surface area (Å²) in [4.78, 5) is 18.8. The van der Waals surface area contributed by atoms with Crippen LogP contribution in [0, 0.1) is 6.92 Å². The first-order valence-electron chi connectivity index (χ1n) is 9.24. The zero-order valence-corrected chi connectivity index (χ0v) is 16.3. The van der Waals surface area contributed by atoms with Crippen LogP contribution in [0.1, 0.15) is 36.8 Å². The molecule has 1 aliphatic rings. The van der Waals surface area contributed by atoms with Crippen molar-refractivity contribution >= 4 is 5.91 Å². The summed E-state index contributed by atoms with van der Waals surface area (Å²) in [6, 6.07) is 9.43. The molecule has 27 heavy (non-hydrogen) atoms. The van der Waals surface area contributed by atoms with Crippen LogP contribution in [0.2, 0.25) is 0 Å². The van der Waals surface area contributed by atoms with Crippen molar-refractivity contribution in [3.63, 3.8) is 0 Å². The lowest BCUT2D eigenvalue weighted by molar-refractivity contribution is -0.134. The van der Waals surface area contributed by atoms with E-state index in [0.29, 0.717) is 19.0 Å². The first kappa shape index (κ1) is 19.0. The number of fused-ring (bicyclic) bond motifs is 1. The fourth-order valence-electron chi connectivity index (χ4n) is 2.98. The predicted molar refractivity (Wildman–Crippen MR) is 102 cm³/mol. The molecule has 0 aliphatic carbocycles. The van der Waals surface area contributed by atoms with Crippen molar-refractivity contribution in [3.8, 4) is 17.2 Å². The Bertz CT molecular complexity index is 822. The highest BCUT2D eigenvalue weighted by Crippen LogP contribution is 2.33. The second-order valence-corrected chi connectivity index (χ2v) is 6.62. The molecule has 1 atom stereocenters. The number of benzene rings is 1. The zero-order valence-electron chi connectivity index (χ0n) is 16.3. The van der Waals surface area contributed by atoms with Crippen LogP contribution in [0.5, 0.6) is 17.2 Å². The topological polar surface area (TPSA) is 60.9 Å². The molecule has 0 saturated carbocycles. The van der Waals surface area contributed by atoms with Crippen molar-refractivity contribution in [2.45, 2.75) is 33.2 Å². The van der Waals surface area contributed by atoms with E-state index in [-0.39, 0.29) is 18.6 Å². The van der Waals surface area contributed by atoms with Crippen molar-refractivity contribution in [1.29, 1.82) is 0 Å². The number of aryl methyl sites for hydroxylation is 2. The second-order valence-electron chi connectivity index (χ2n) is 6.62. The Morgan fingerprint density at radius 2 is 1.96 bits per heavy atom. The highest BCUT2D eigenvalue weighted by atomic mass is 16.6. The summed E-state index contributed by atoms with van der Waals surface area (Å²) in [5.74, 6) is 2.03. The Hall–Kier alpha value is -2.76. The van der Waals surface area contributed by atoms with Crippen LogP contribution in [-0.4, -0.2) is 42.7 Å². The number of aromatic nitrogens is 1. The molecule has 6 heteroatoms. The summed E-state index contributed by atoms with van der Waals surface area (Å²) in [5, 5.41) is 0. The number of hydrogen-bond acceptors (Lipinski definition) is 5. The van der Waals surface area contributed by atoms with Gasteiger partial charge in [-0.1, -0.05) is 13.0 Å². The van der Waals surface area contributed by atoms with Crippen LogP contribution >= 0.6 is 0 Å². The summed E-state index contributed by atoms with van der Waals surface area (Å²) >= 11 is 0. The van der Waals surface area contributed by atoms with Gasteiger partial charge in [0.1, 0.15) is 19.0 Å². The minimum absolute atomic E-state index is 0.0247. The van der Waals surface area contributed by atoms with Gasteiger partial charge in [0.05, 0.1) is 11.7 Å². The van der Waals surface area contributed by atoms with E-state index in [4.69, 9.17) is 14.2 Å². The van der Waals surface area contributed by atoms with Crippen LogP contribution in [0.25, 0.3) is 0 Å². The summed E-state index contributed by atoms with van der Waals surface area (Å²) in [5.41, 5.74) is 2.79. The van der Waals surface area contributed by atoms with Gasteiger partial charge in [-0.25, -0.2) is 0 Å². The van der Waals surface area contributed by atoms with Gasteiger partial charge >= 0.3 is 0 Å². The van der Waals surface area contributed by atoms with Gasteiger partial charge in [-0.2, -0.15) is 0 Å². The van der Waals surface area contributed by atoms with Gasteiger partial charge in [0.25, 0.3) is 5.91 Å². The molecule has 3 rings (SSSR count). The Morgan fingerprint density at radius 3 is 2.70 bits per heavy atom. The number of carbonyl (C=O) groups is 1. The van der Waals surface area contributed by atoms with E-state index >= 15 is 0 Å². The SMILES string of the molecule is CCc1nc(C)ccc1OCC(=O)N(C)[C@@H](C)c1ccc2c(c1)OCCO2. The highest BCUT2D eigenvalue weighted by Gasteiger charge is 2.21. The summed E-state index contributed by atoms with van der Waals surface area (Å²) in [7, 11) is 1.78. The molecule has 1 aromatic carbocycles. The normalized spacial score (nSPS) is 13.8. The maximum absolute atomic E-state index is 12.6. The van der Waals surface area contributed by atoms with E-state index in [1.165, 1.54) is 0 Å². The molecule has 0 fully saturated rings. The third kappa shape index (κ3) is 4.32. The fraction of sp³-hybridized carbons (Fsp3) is 0.429. The van der Waals surface area contributed by atoms with Crippen LogP contribution < -0.4 is 14.2 Å². The van der Waals surface area contributed by atoms with Gasteiger partial charge in [0.2, 0.25) is 0 Å². The molecule has 2 aromatic rings. The minimum Gasteiger partial charge on any atom is -0.486 e. The average Bonchev–Trinajstić information content (AvgIpc) is 2.70. The first-order valence-corrected chi connectivity index (χ1v) is 9.24. The molecule has 0 bridgehead atoms. The Kier molecular flexibility index (Phi) is 5.84. The van der Waals surface area contributed by atoms with Crippen molar-refractivity contribution in [1.82, 2.24) is 9.88 Å². The lowest BCUT2D eigenvalue weighted by Gasteiger charge is -2.27. The molecule has 0 unspecified atom stereocenters. The van der Waals surface area contributed by atoms with Crippen molar-refractivity contribution in [2.75, 3.05) is 26.9 Å². The molecule has 0 saturated heterocycles.